The van der Waals surface area contributed by atoms with E-state index in [4.69, 9.17) is 4.74 Å². The van der Waals surface area contributed by atoms with Crippen LogP contribution in [0.25, 0.3) is 11.3 Å². The fourth-order valence-corrected chi connectivity index (χ4v) is 4.30. The standard InChI is InChI=1S/C22H18F3N3O2/c23-22(24,25)15-5-3-4-14(12-15)18-13-19(27-26-18)28-10-8-21(9-11-28)17-7-2-1-6-16(17)20(29)30-21/h1-7,12-13H,8-11H2,(H,26,27). The van der Waals surface area contributed by atoms with Crippen LogP contribution in [-0.2, 0) is 16.5 Å². The third-order valence-corrected chi connectivity index (χ3v) is 5.89. The van der Waals surface area contributed by atoms with Gasteiger partial charge in [0.1, 0.15) is 5.60 Å². The van der Waals surface area contributed by atoms with Crippen LogP contribution >= 0.6 is 0 Å². The van der Waals surface area contributed by atoms with Crippen LogP contribution in [0.2, 0.25) is 0 Å². The maximum atomic E-state index is 13.0. The predicted molar refractivity (Wildman–Crippen MR) is 104 cm³/mol. The molecular formula is C22H18F3N3O2. The summed E-state index contributed by atoms with van der Waals surface area (Å²) in [6.45, 7) is 1.24. The van der Waals surface area contributed by atoms with Crippen molar-refractivity contribution in [1.82, 2.24) is 10.2 Å². The van der Waals surface area contributed by atoms with Crippen molar-refractivity contribution in [3.8, 4) is 11.3 Å². The maximum Gasteiger partial charge on any atom is 0.416 e. The summed E-state index contributed by atoms with van der Waals surface area (Å²) in [6.07, 6.45) is -3.14. The van der Waals surface area contributed by atoms with Crippen molar-refractivity contribution in [3.05, 3.63) is 71.3 Å². The molecule has 0 bridgehead atoms. The van der Waals surface area contributed by atoms with Crippen LogP contribution in [0.15, 0.2) is 54.6 Å². The SMILES string of the molecule is O=C1OC2(CCN(c3cc(-c4cccc(C(F)(F)F)c4)[nH]n3)CC2)c2ccccc21. The Labute approximate surface area is 170 Å². The Morgan fingerprint density at radius 3 is 2.57 bits per heavy atom. The largest absolute Gasteiger partial charge is 0.450 e. The van der Waals surface area contributed by atoms with Crippen molar-refractivity contribution in [3.63, 3.8) is 0 Å². The lowest BCUT2D eigenvalue weighted by Crippen LogP contribution is -2.43. The lowest BCUT2D eigenvalue weighted by molar-refractivity contribution is -0.137. The number of benzene rings is 2. The third kappa shape index (κ3) is 3.03. The van der Waals surface area contributed by atoms with E-state index in [-0.39, 0.29) is 5.97 Å². The summed E-state index contributed by atoms with van der Waals surface area (Å²) >= 11 is 0. The second-order valence-corrected chi connectivity index (χ2v) is 7.63. The number of aromatic nitrogens is 2. The van der Waals surface area contributed by atoms with Gasteiger partial charge in [0.2, 0.25) is 0 Å². The van der Waals surface area contributed by atoms with E-state index in [1.54, 1.807) is 18.2 Å². The second-order valence-electron chi connectivity index (χ2n) is 7.63. The number of anilines is 1. The summed E-state index contributed by atoms with van der Waals surface area (Å²) in [6, 6.07) is 14.4. The summed E-state index contributed by atoms with van der Waals surface area (Å²) in [5.41, 5.74) is 1.20. The number of hydrogen-bond acceptors (Lipinski definition) is 4. The first kappa shape index (κ1) is 18.7. The van der Waals surface area contributed by atoms with Gasteiger partial charge >= 0.3 is 12.1 Å². The minimum atomic E-state index is -4.39. The smallest absolute Gasteiger partial charge is 0.416 e. The average Bonchev–Trinajstić information content (AvgIpc) is 3.33. The second kappa shape index (κ2) is 6.62. The number of fused-ring (bicyclic) bond motifs is 2. The Hall–Kier alpha value is -3.29. The van der Waals surface area contributed by atoms with Crippen LogP contribution in [0.3, 0.4) is 0 Å². The summed E-state index contributed by atoms with van der Waals surface area (Å²) in [7, 11) is 0. The van der Waals surface area contributed by atoms with Crippen molar-refractivity contribution in [1.29, 1.82) is 0 Å². The molecule has 2 aliphatic rings. The zero-order valence-electron chi connectivity index (χ0n) is 15.9. The molecule has 30 heavy (non-hydrogen) atoms. The molecule has 0 saturated carbocycles. The highest BCUT2D eigenvalue weighted by Crippen LogP contribution is 2.44. The highest BCUT2D eigenvalue weighted by atomic mass is 19.4. The number of ether oxygens (including phenoxy) is 1. The monoisotopic (exact) mass is 413 g/mol. The van der Waals surface area contributed by atoms with Gasteiger partial charge in [-0.05, 0) is 18.2 Å². The third-order valence-electron chi connectivity index (χ3n) is 5.89. The first-order valence-electron chi connectivity index (χ1n) is 9.67. The van der Waals surface area contributed by atoms with Gasteiger partial charge in [0.15, 0.2) is 5.82 Å². The molecule has 1 saturated heterocycles. The molecule has 3 aromatic rings. The normalized spacial score (nSPS) is 17.8. The molecule has 5 nitrogen and oxygen atoms in total. The number of nitrogens with zero attached hydrogens (tertiary/aromatic N) is 2. The number of halogens is 3. The Morgan fingerprint density at radius 2 is 1.80 bits per heavy atom. The lowest BCUT2D eigenvalue weighted by Gasteiger charge is -2.38. The van der Waals surface area contributed by atoms with Crippen LogP contribution in [0, 0.1) is 0 Å². The number of alkyl halides is 3. The van der Waals surface area contributed by atoms with E-state index in [0.29, 0.717) is 48.6 Å². The quantitative estimate of drug-likeness (QED) is 0.616. The highest BCUT2D eigenvalue weighted by Gasteiger charge is 2.47. The molecule has 0 radical (unpaired) electrons. The molecule has 5 rings (SSSR count). The molecule has 8 heteroatoms. The van der Waals surface area contributed by atoms with E-state index in [9.17, 15) is 18.0 Å². The Balaban J connectivity index is 1.34. The van der Waals surface area contributed by atoms with Gasteiger partial charge in [-0.3, -0.25) is 5.10 Å². The van der Waals surface area contributed by atoms with Crippen LogP contribution in [-0.4, -0.2) is 29.3 Å². The molecule has 0 aliphatic carbocycles. The fourth-order valence-electron chi connectivity index (χ4n) is 4.30. The number of aromatic amines is 1. The number of carbonyl (C=O) groups is 1. The van der Waals surface area contributed by atoms with Crippen LogP contribution in [0.5, 0.6) is 0 Å². The molecule has 1 spiro atoms. The highest BCUT2D eigenvalue weighted by molar-refractivity contribution is 5.94. The van der Waals surface area contributed by atoms with Gasteiger partial charge in [-0.2, -0.15) is 18.3 Å². The summed E-state index contributed by atoms with van der Waals surface area (Å²) in [4.78, 5) is 14.3. The van der Waals surface area contributed by atoms with Gasteiger partial charge in [-0.15, -0.1) is 0 Å². The molecule has 1 N–H and O–H groups in total. The molecule has 1 fully saturated rings. The first-order valence-corrected chi connectivity index (χ1v) is 9.67. The van der Waals surface area contributed by atoms with Crippen LogP contribution < -0.4 is 4.90 Å². The van der Waals surface area contributed by atoms with Crippen molar-refractivity contribution in [2.75, 3.05) is 18.0 Å². The van der Waals surface area contributed by atoms with Gasteiger partial charge in [-0.25, -0.2) is 4.79 Å². The fraction of sp³-hybridized carbons (Fsp3) is 0.273. The number of nitrogens with one attached hydrogen (secondary N) is 1. The van der Waals surface area contributed by atoms with Crippen LogP contribution in [0.1, 0.15) is 34.3 Å². The number of rotatable bonds is 2. The number of piperidine rings is 1. The van der Waals surface area contributed by atoms with Gasteiger partial charge in [-0.1, -0.05) is 30.3 Å². The van der Waals surface area contributed by atoms with Gasteiger partial charge in [0.05, 0.1) is 16.8 Å². The van der Waals surface area contributed by atoms with E-state index in [1.165, 1.54) is 6.07 Å². The number of esters is 1. The van der Waals surface area contributed by atoms with Gasteiger partial charge < -0.3 is 9.64 Å². The first-order chi connectivity index (χ1) is 14.4. The van der Waals surface area contributed by atoms with Gasteiger partial charge in [0.25, 0.3) is 0 Å². The van der Waals surface area contributed by atoms with Crippen molar-refractivity contribution >= 4 is 11.8 Å². The van der Waals surface area contributed by atoms with Gasteiger partial charge in [0, 0.05) is 43.1 Å². The Morgan fingerprint density at radius 1 is 1.03 bits per heavy atom. The summed E-state index contributed by atoms with van der Waals surface area (Å²) < 4.78 is 44.7. The summed E-state index contributed by atoms with van der Waals surface area (Å²) in [5, 5.41) is 7.13. The molecule has 1 aromatic heterocycles. The predicted octanol–water partition coefficient (Wildman–Crippen LogP) is 4.76. The molecule has 0 atom stereocenters. The van der Waals surface area contributed by atoms with E-state index < -0.39 is 17.3 Å². The number of hydrogen-bond donors (Lipinski definition) is 1. The molecule has 2 aliphatic heterocycles. The maximum absolute atomic E-state index is 13.0. The van der Waals surface area contributed by atoms with Crippen LogP contribution in [0.4, 0.5) is 19.0 Å². The average molecular weight is 413 g/mol. The zero-order chi connectivity index (χ0) is 20.9. The Bertz CT molecular complexity index is 1110. The zero-order valence-corrected chi connectivity index (χ0v) is 15.9. The molecule has 154 valence electrons. The van der Waals surface area contributed by atoms with E-state index in [2.05, 4.69) is 10.2 Å². The van der Waals surface area contributed by atoms with E-state index >= 15 is 0 Å². The van der Waals surface area contributed by atoms with Crippen molar-refractivity contribution in [2.45, 2.75) is 24.6 Å². The number of carbonyl (C=O) groups excluding carboxylic acids is 1. The Kier molecular flexibility index (Phi) is 4.13. The minimum absolute atomic E-state index is 0.286. The minimum Gasteiger partial charge on any atom is -0.450 e. The van der Waals surface area contributed by atoms with Crippen molar-refractivity contribution < 1.29 is 22.7 Å². The van der Waals surface area contributed by atoms with E-state index in [1.807, 2.05) is 23.1 Å². The molecule has 0 unspecified atom stereocenters. The van der Waals surface area contributed by atoms with E-state index in [0.717, 1.165) is 17.7 Å². The van der Waals surface area contributed by atoms with Crippen molar-refractivity contribution in [2.24, 2.45) is 0 Å². The molecule has 2 aromatic carbocycles. The summed E-state index contributed by atoms with van der Waals surface area (Å²) in [5.74, 6) is 0.375. The topological polar surface area (TPSA) is 58.2 Å². The lowest BCUT2D eigenvalue weighted by atomic mass is 9.84. The molecular weight excluding hydrogens is 395 g/mol. The molecule has 0 amide bonds. The molecule has 3 heterocycles. The number of H-pyrrole nitrogens is 1.